The minimum atomic E-state index is -0.362. The number of rotatable bonds is 3. The Labute approximate surface area is 121 Å². The van der Waals surface area contributed by atoms with Crippen LogP contribution in [0.15, 0.2) is 18.3 Å². The van der Waals surface area contributed by atoms with Crippen molar-refractivity contribution in [3.05, 3.63) is 23.9 Å². The molecule has 2 saturated heterocycles. The molecule has 5 heteroatoms. The van der Waals surface area contributed by atoms with Crippen molar-refractivity contribution in [3.63, 3.8) is 0 Å². The van der Waals surface area contributed by atoms with Crippen LogP contribution in [0, 0.1) is 5.92 Å². The van der Waals surface area contributed by atoms with E-state index in [4.69, 9.17) is 9.31 Å². The quantitative estimate of drug-likeness (QED) is 0.839. The van der Waals surface area contributed by atoms with Crippen LogP contribution in [-0.4, -0.2) is 36.4 Å². The Morgan fingerprint density at radius 1 is 1.20 bits per heavy atom. The van der Waals surface area contributed by atoms with E-state index >= 15 is 0 Å². The molecule has 0 unspecified atom stereocenters. The largest absolute Gasteiger partial charge is 0.514 e. The van der Waals surface area contributed by atoms with Gasteiger partial charge in [0.15, 0.2) is 0 Å². The molecular formula is C15H23BN2O2. The summed E-state index contributed by atoms with van der Waals surface area (Å²) >= 11 is 0. The molecule has 3 rings (SSSR count). The summed E-state index contributed by atoms with van der Waals surface area (Å²) in [4.78, 5) is 4.53. The molecule has 1 N–H and O–H groups in total. The monoisotopic (exact) mass is 274 g/mol. The lowest BCUT2D eigenvalue weighted by Gasteiger charge is -2.32. The van der Waals surface area contributed by atoms with Crippen LogP contribution in [-0.2, 0) is 15.7 Å². The van der Waals surface area contributed by atoms with Crippen LogP contribution < -0.4 is 10.9 Å². The molecular weight excluding hydrogens is 251 g/mol. The van der Waals surface area contributed by atoms with E-state index in [0.29, 0.717) is 0 Å². The number of pyridine rings is 1. The molecule has 0 aliphatic carbocycles. The van der Waals surface area contributed by atoms with Crippen LogP contribution in [0.2, 0.25) is 0 Å². The Morgan fingerprint density at radius 2 is 1.85 bits per heavy atom. The van der Waals surface area contributed by atoms with Gasteiger partial charge in [0.05, 0.1) is 16.8 Å². The molecule has 20 heavy (non-hydrogen) atoms. The van der Waals surface area contributed by atoms with Gasteiger partial charge in [-0.3, -0.25) is 4.98 Å². The second-order valence-corrected chi connectivity index (χ2v) is 6.91. The van der Waals surface area contributed by atoms with E-state index in [1.807, 2.05) is 12.3 Å². The summed E-state index contributed by atoms with van der Waals surface area (Å²) in [6.07, 6.45) is 3.06. The van der Waals surface area contributed by atoms with Crippen molar-refractivity contribution in [1.29, 1.82) is 0 Å². The molecule has 0 saturated carbocycles. The number of aromatic nitrogens is 1. The number of nitrogens with zero attached hydrogens (tertiary/aromatic N) is 1. The molecule has 0 aromatic carbocycles. The van der Waals surface area contributed by atoms with E-state index in [1.165, 1.54) is 5.56 Å². The van der Waals surface area contributed by atoms with Crippen LogP contribution in [0.25, 0.3) is 0 Å². The molecule has 0 amide bonds. The lowest BCUT2D eigenvalue weighted by Crippen LogP contribution is -2.43. The summed E-state index contributed by atoms with van der Waals surface area (Å²) in [5, 5.41) is 3.30. The molecule has 108 valence electrons. The van der Waals surface area contributed by atoms with Gasteiger partial charge in [-0.25, -0.2) is 0 Å². The molecule has 0 atom stereocenters. The van der Waals surface area contributed by atoms with E-state index in [2.05, 4.69) is 44.1 Å². The summed E-state index contributed by atoms with van der Waals surface area (Å²) in [6.45, 7) is 10.5. The highest BCUT2D eigenvalue weighted by Crippen LogP contribution is 2.36. The Morgan fingerprint density at radius 3 is 2.30 bits per heavy atom. The first-order chi connectivity index (χ1) is 9.37. The van der Waals surface area contributed by atoms with Crippen molar-refractivity contribution in [1.82, 2.24) is 10.3 Å². The highest BCUT2D eigenvalue weighted by Gasteiger charge is 2.52. The second-order valence-electron chi connectivity index (χ2n) is 6.91. The third-order valence-electron chi connectivity index (χ3n) is 4.73. The standard InChI is InChI=1S/C15H23BN2O2/c1-14(2)15(3,4)20-16(19-14)13-6-5-11(10-18-13)7-12-8-17-9-12/h5-6,10,12,17H,7-9H2,1-4H3. The van der Waals surface area contributed by atoms with Gasteiger partial charge in [0.2, 0.25) is 0 Å². The molecule has 0 spiro atoms. The maximum atomic E-state index is 6.01. The predicted octanol–water partition coefficient (Wildman–Crippen LogP) is 1.14. The summed E-state index contributed by atoms with van der Waals surface area (Å²) in [5.41, 5.74) is 1.53. The normalized spacial score (nSPS) is 24.7. The van der Waals surface area contributed by atoms with E-state index in [-0.39, 0.29) is 18.3 Å². The van der Waals surface area contributed by atoms with Gasteiger partial charge in [-0.15, -0.1) is 0 Å². The van der Waals surface area contributed by atoms with E-state index in [0.717, 1.165) is 31.0 Å². The first-order valence-corrected chi connectivity index (χ1v) is 7.38. The third-order valence-corrected chi connectivity index (χ3v) is 4.73. The van der Waals surface area contributed by atoms with Crippen molar-refractivity contribution < 1.29 is 9.31 Å². The smallest absolute Gasteiger partial charge is 0.398 e. The van der Waals surface area contributed by atoms with Gasteiger partial charge in [-0.1, -0.05) is 6.07 Å². The van der Waals surface area contributed by atoms with Gasteiger partial charge >= 0.3 is 7.12 Å². The molecule has 0 radical (unpaired) electrons. The zero-order valence-corrected chi connectivity index (χ0v) is 12.8. The Balaban J connectivity index is 1.69. The fourth-order valence-corrected chi connectivity index (χ4v) is 2.49. The Bertz CT molecular complexity index is 467. The fraction of sp³-hybridized carbons (Fsp3) is 0.667. The van der Waals surface area contributed by atoms with Crippen LogP contribution in [0.5, 0.6) is 0 Å². The molecule has 3 heterocycles. The van der Waals surface area contributed by atoms with E-state index in [9.17, 15) is 0 Å². The Hall–Kier alpha value is -0.905. The highest BCUT2D eigenvalue weighted by atomic mass is 16.7. The molecule has 0 bridgehead atoms. The SMILES string of the molecule is CC1(C)OB(c2ccc(CC3CNC3)cn2)OC1(C)C. The van der Waals surface area contributed by atoms with Gasteiger partial charge in [0, 0.05) is 6.20 Å². The van der Waals surface area contributed by atoms with Crippen molar-refractivity contribution in [2.75, 3.05) is 13.1 Å². The fourth-order valence-electron chi connectivity index (χ4n) is 2.49. The molecule has 1 aromatic rings. The van der Waals surface area contributed by atoms with E-state index in [1.54, 1.807) is 0 Å². The molecule has 2 fully saturated rings. The van der Waals surface area contributed by atoms with Crippen LogP contribution in [0.3, 0.4) is 0 Å². The maximum absolute atomic E-state index is 6.01. The van der Waals surface area contributed by atoms with Gasteiger partial charge < -0.3 is 14.6 Å². The molecule has 2 aliphatic rings. The first kappa shape index (κ1) is 14.0. The van der Waals surface area contributed by atoms with Gasteiger partial charge in [0.1, 0.15) is 0 Å². The predicted molar refractivity (Wildman–Crippen MR) is 80.0 cm³/mol. The first-order valence-electron chi connectivity index (χ1n) is 7.38. The second kappa shape index (κ2) is 4.83. The zero-order chi connectivity index (χ0) is 14.4. The maximum Gasteiger partial charge on any atom is 0.514 e. The number of nitrogens with one attached hydrogen (secondary N) is 1. The topological polar surface area (TPSA) is 43.4 Å². The van der Waals surface area contributed by atoms with Gasteiger partial charge in [-0.05, 0) is 64.8 Å². The molecule has 2 aliphatic heterocycles. The highest BCUT2D eigenvalue weighted by molar-refractivity contribution is 6.61. The lowest BCUT2D eigenvalue weighted by atomic mass is 9.83. The Kier molecular flexibility index (Phi) is 3.39. The third kappa shape index (κ3) is 2.50. The number of hydrogen-bond acceptors (Lipinski definition) is 4. The minimum absolute atomic E-state index is 0.310. The average Bonchev–Trinajstić information content (AvgIpc) is 2.54. The summed E-state index contributed by atoms with van der Waals surface area (Å²) in [7, 11) is -0.362. The summed E-state index contributed by atoms with van der Waals surface area (Å²) in [6, 6.07) is 4.18. The van der Waals surface area contributed by atoms with Crippen LogP contribution in [0.4, 0.5) is 0 Å². The molecule has 1 aromatic heterocycles. The average molecular weight is 274 g/mol. The summed E-state index contributed by atoms with van der Waals surface area (Å²) in [5.74, 6) is 0.763. The van der Waals surface area contributed by atoms with Crippen LogP contribution in [0.1, 0.15) is 33.3 Å². The van der Waals surface area contributed by atoms with Crippen molar-refractivity contribution in [2.24, 2.45) is 5.92 Å². The zero-order valence-electron chi connectivity index (χ0n) is 12.8. The molecule has 4 nitrogen and oxygen atoms in total. The van der Waals surface area contributed by atoms with Crippen molar-refractivity contribution in [2.45, 2.75) is 45.3 Å². The summed E-state index contributed by atoms with van der Waals surface area (Å²) < 4.78 is 12.0. The number of hydrogen-bond donors (Lipinski definition) is 1. The lowest BCUT2D eigenvalue weighted by molar-refractivity contribution is 0.00578. The van der Waals surface area contributed by atoms with Gasteiger partial charge in [0.25, 0.3) is 0 Å². The van der Waals surface area contributed by atoms with Crippen molar-refractivity contribution in [3.8, 4) is 0 Å². The van der Waals surface area contributed by atoms with Crippen LogP contribution >= 0.6 is 0 Å². The van der Waals surface area contributed by atoms with E-state index < -0.39 is 0 Å². The van der Waals surface area contributed by atoms with Gasteiger partial charge in [-0.2, -0.15) is 0 Å². The van der Waals surface area contributed by atoms with Crippen molar-refractivity contribution >= 4 is 12.7 Å². The minimum Gasteiger partial charge on any atom is -0.398 e.